The number of hydroxylamine groups is 1. The molecule has 2 saturated heterocycles. The number of halogens is 1. The Morgan fingerprint density at radius 1 is 1.00 bits per heavy atom. The highest BCUT2D eigenvalue weighted by Crippen LogP contribution is 2.49. The summed E-state index contributed by atoms with van der Waals surface area (Å²) in [5.74, 6) is -0.740. The van der Waals surface area contributed by atoms with E-state index in [1.807, 2.05) is 37.3 Å². The van der Waals surface area contributed by atoms with Gasteiger partial charge in [-0.1, -0.05) is 25.1 Å². The first-order valence-corrected chi connectivity index (χ1v) is 12.4. The average Bonchev–Trinajstić information content (AvgIpc) is 3.41. The molecule has 9 heteroatoms. The number of hydrogen-bond donors (Lipinski definition) is 1. The van der Waals surface area contributed by atoms with E-state index in [0.29, 0.717) is 33.8 Å². The van der Waals surface area contributed by atoms with E-state index < -0.39 is 24.0 Å². The van der Waals surface area contributed by atoms with Crippen LogP contribution in [0.3, 0.4) is 0 Å². The summed E-state index contributed by atoms with van der Waals surface area (Å²) in [5.41, 5.74) is 1.81. The molecule has 0 aromatic heterocycles. The molecular weight excluding hydrogens is 528 g/mol. The molecule has 3 aromatic carbocycles. The molecule has 3 atom stereocenters. The van der Waals surface area contributed by atoms with Gasteiger partial charge in [-0.15, -0.1) is 0 Å². The van der Waals surface area contributed by atoms with Crippen LogP contribution in [0.2, 0.25) is 0 Å². The molecule has 1 N–H and O–H groups in total. The molecule has 36 heavy (non-hydrogen) atoms. The third-order valence-corrected chi connectivity index (χ3v) is 6.91. The zero-order valence-electron chi connectivity index (χ0n) is 19.8. The molecule has 2 fully saturated rings. The number of amides is 2. The van der Waals surface area contributed by atoms with Gasteiger partial charge in [0.15, 0.2) is 17.6 Å². The van der Waals surface area contributed by atoms with Crippen molar-refractivity contribution in [3.63, 3.8) is 0 Å². The molecule has 0 unspecified atom stereocenters. The third kappa shape index (κ3) is 4.08. The number of fused-ring (bicyclic) bond motifs is 1. The highest BCUT2D eigenvalue weighted by Gasteiger charge is 2.60. The van der Waals surface area contributed by atoms with Crippen LogP contribution in [0.15, 0.2) is 71.2 Å². The molecule has 0 spiro atoms. The van der Waals surface area contributed by atoms with E-state index in [0.717, 1.165) is 6.42 Å². The fourth-order valence-electron chi connectivity index (χ4n) is 4.64. The minimum atomic E-state index is -1.00. The fraction of sp³-hybridized carbons (Fsp3) is 0.259. The molecule has 2 heterocycles. The number of methoxy groups -OCH3 is 1. The van der Waals surface area contributed by atoms with Gasteiger partial charge in [0, 0.05) is 0 Å². The summed E-state index contributed by atoms with van der Waals surface area (Å²) in [5, 5.41) is 11.9. The lowest BCUT2D eigenvalue weighted by Crippen LogP contribution is -2.37. The zero-order chi connectivity index (χ0) is 25.4. The molecule has 3 aromatic rings. The maximum Gasteiger partial charge on any atom is 0.266 e. The molecule has 0 saturated carbocycles. The summed E-state index contributed by atoms with van der Waals surface area (Å²) in [6.07, 6.45) is -0.125. The van der Waals surface area contributed by atoms with Gasteiger partial charge in [0.05, 0.1) is 35.6 Å². The van der Waals surface area contributed by atoms with Crippen molar-refractivity contribution in [1.82, 2.24) is 0 Å². The van der Waals surface area contributed by atoms with E-state index in [4.69, 9.17) is 14.3 Å². The first kappa shape index (κ1) is 24.1. The van der Waals surface area contributed by atoms with Gasteiger partial charge in [0.2, 0.25) is 5.91 Å². The van der Waals surface area contributed by atoms with Gasteiger partial charge in [-0.05, 0) is 76.4 Å². The maximum atomic E-state index is 13.8. The Kier molecular flexibility index (Phi) is 6.59. The summed E-state index contributed by atoms with van der Waals surface area (Å²) >= 11 is 3.37. The number of carbonyl (C=O) groups is 2. The number of carbonyl (C=O) groups excluding carboxylic acids is 2. The maximum absolute atomic E-state index is 13.8. The molecule has 186 valence electrons. The van der Waals surface area contributed by atoms with Gasteiger partial charge < -0.3 is 14.6 Å². The SMILES string of the molecule is CCCOc1ccc(N2C(=O)[C@@H]3[C@H](ON(c4ccccc4)[C@H]3c3cc(Br)c(O)c(OC)c3)C2=O)cc1. The van der Waals surface area contributed by atoms with E-state index in [2.05, 4.69) is 15.9 Å². The molecule has 8 nitrogen and oxygen atoms in total. The molecule has 2 amide bonds. The largest absolute Gasteiger partial charge is 0.503 e. The van der Waals surface area contributed by atoms with Gasteiger partial charge in [0.1, 0.15) is 11.7 Å². The lowest BCUT2D eigenvalue weighted by molar-refractivity contribution is -0.126. The van der Waals surface area contributed by atoms with Gasteiger partial charge in [-0.25, -0.2) is 9.96 Å². The Labute approximate surface area is 217 Å². The van der Waals surface area contributed by atoms with E-state index in [1.54, 1.807) is 41.5 Å². The van der Waals surface area contributed by atoms with Crippen LogP contribution in [0, 0.1) is 5.92 Å². The van der Waals surface area contributed by atoms with Crippen molar-refractivity contribution in [1.29, 1.82) is 0 Å². The quantitative estimate of drug-likeness (QED) is 0.412. The van der Waals surface area contributed by atoms with Crippen molar-refractivity contribution in [3.8, 4) is 17.2 Å². The molecule has 0 aliphatic carbocycles. The van der Waals surface area contributed by atoms with Crippen LogP contribution in [0.25, 0.3) is 0 Å². The third-order valence-electron chi connectivity index (χ3n) is 6.31. The van der Waals surface area contributed by atoms with Crippen molar-refractivity contribution in [2.45, 2.75) is 25.5 Å². The zero-order valence-corrected chi connectivity index (χ0v) is 21.3. The summed E-state index contributed by atoms with van der Waals surface area (Å²) in [6, 6.07) is 18.9. The van der Waals surface area contributed by atoms with Gasteiger partial charge in [0.25, 0.3) is 5.91 Å². The molecule has 2 aliphatic rings. The minimum absolute atomic E-state index is 0.0520. The Morgan fingerprint density at radius 3 is 2.39 bits per heavy atom. The standard InChI is InChI=1S/C27H25BrN2O6/c1-3-13-35-19-11-9-17(10-12-19)29-26(32)22-23(16-14-20(28)24(31)21(15-16)34-2)30(36-25(22)27(29)33)18-7-5-4-6-8-18/h4-12,14-15,22-23,25,31H,3,13H2,1-2H3/t22-,23-,25-/m0/s1. The number of imide groups is 1. The summed E-state index contributed by atoms with van der Waals surface area (Å²) in [6.45, 7) is 2.60. The van der Waals surface area contributed by atoms with Crippen molar-refractivity contribution in [2.24, 2.45) is 5.92 Å². The van der Waals surface area contributed by atoms with E-state index in [9.17, 15) is 14.7 Å². The summed E-state index contributed by atoms with van der Waals surface area (Å²) in [7, 11) is 1.45. The first-order valence-electron chi connectivity index (χ1n) is 11.6. The van der Waals surface area contributed by atoms with E-state index in [1.165, 1.54) is 12.0 Å². The highest BCUT2D eigenvalue weighted by atomic mass is 79.9. The Balaban J connectivity index is 1.54. The van der Waals surface area contributed by atoms with Gasteiger partial charge in [-0.3, -0.25) is 14.4 Å². The number of benzene rings is 3. The van der Waals surface area contributed by atoms with E-state index >= 15 is 0 Å². The predicted octanol–water partition coefficient (Wildman–Crippen LogP) is 5.00. The molecular formula is C27H25BrN2O6. The van der Waals surface area contributed by atoms with Crippen LogP contribution in [0.4, 0.5) is 11.4 Å². The van der Waals surface area contributed by atoms with Crippen molar-refractivity contribution >= 4 is 39.1 Å². The Morgan fingerprint density at radius 2 is 1.72 bits per heavy atom. The molecule has 5 rings (SSSR count). The van der Waals surface area contributed by atoms with E-state index in [-0.39, 0.29) is 17.4 Å². The van der Waals surface area contributed by atoms with Crippen molar-refractivity contribution in [3.05, 3.63) is 76.8 Å². The number of phenolic OH excluding ortho intramolecular Hbond substituents is 1. The van der Waals surface area contributed by atoms with Crippen molar-refractivity contribution in [2.75, 3.05) is 23.7 Å². The number of phenols is 1. The summed E-state index contributed by atoms with van der Waals surface area (Å²) < 4.78 is 11.4. The number of nitrogens with zero attached hydrogens (tertiary/aromatic N) is 2. The van der Waals surface area contributed by atoms with Crippen LogP contribution in [-0.4, -0.2) is 36.7 Å². The van der Waals surface area contributed by atoms with Crippen LogP contribution in [-0.2, 0) is 14.4 Å². The normalized spacial score (nSPS) is 21.1. The summed E-state index contributed by atoms with van der Waals surface area (Å²) in [4.78, 5) is 34.7. The number of aromatic hydroxyl groups is 1. The minimum Gasteiger partial charge on any atom is -0.503 e. The highest BCUT2D eigenvalue weighted by molar-refractivity contribution is 9.10. The number of para-hydroxylation sites is 1. The van der Waals surface area contributed by atoms with Crippen LogP contribution >= 0.6 is 15.9 Å². The lowest BCUT2D eigenvalue weighted by atomic mass is 9.90. The number of hydrogen-bond acceptors (Lipinski definition) is 7. The Bertz CT molecular complexity index is 1280. The van der Waals surface area contributed by atoms with Gasteiger partial charge in [-0.2, -0.15) is 0 Å². The number of rotatable bonds is 7. The van der Waals surface area contributed by atoms with Crippen molar-refractivity contribution < 1.29 is 29.0 Å². The van der Waals surface area contributed by atoms with Crippen LogP contribution in [0.5, 0.6) is 17.2 Å². The molecule has 2 aliphatic heterocycles. The molecule has 0 radical (unpaired) electrons. The number of anilines is 2. The second-order valence-electron chi connectivity index (χ2n) is 8.57. The van der Waals surface area contributed by atoms with Crippen LogP contribution in [0.1, 0.15) is 24.9 Å². The average molecular weight is 553 g/mol. The lowest BCUT2D eigenvalue weighted by Gasteiger charge is -2.29. The van der Waals surface area contributed by atoms with Gasteiger partial charge >= 0.3 is 0 Å². The predicted molar refractivity (Wildman–Crippen MR) is 137 cm³/mol. The Hall–Kier alpha value is -3.56. The molecule has 0 bridgehead atoms. The second kappa shape index (κ2) is 9.83. The monoisotopic (exact) mass is 552 g/mol. The fourth-order valence-corrected chi connectivity index (χ4v) is 5.10. The smallest absolute Gasteiger partial charge is 0.266 e. The van der Waals surface area contributed by atoms with Crippen LogP contribution < -0.4 is 19.4 Å². The second-order valence-corrected chi connectivity index (χ2v) is 9.42. The topological polar surface area (TPSA) is 88.5 Å². The first-order chi connectivity index (χ1) is 17.4. The number of ether oxygens (including phenoxy) is 2.